The fraction of sp³-hybridized carbons (Fsp3) is 0.545. The molecule has 1 aliphatic heterocycles. The van der Waals surface area contributed by atoms with Gasteiger partial charge in [-0.05, 0) is 64.2 Å². The molecule has 0 radical (unpaired) electrons. The van der Waals surface area contributed by atoms with Crippen molar-refractivity contribution in [3.63, 3.8) is 0 Å². The highest BCUT2D eigenvalue weighted by atomic mass is 16.1. The number of hydrogen-bond acceptors (Lipinski definition) is 4. The molecule has 1 aromatic rings. The predicted octanol–water partition coefficient (Wildman–Crippen LogP) is 4.05. The number of nitriles is 1. The fourth-order valence-electron chi connectivity index (χ4n) is 3.94. The molecule has 1 aromatic carbocycles. The zero-order valence-corrected chi connectivity index (χ0v) is 17.3. The van der Waals surface area contributed by atoms with Crippen LogP contribution in [-0.2, 0) is 4.79 Å². The van der Waals surface area contributed by atoms with Crippen LogP contribution in [-0.4, -0.2) is 23.0 Å². The summed E-state index contributed by atoms with van der Waals surface area (Å²) in [5.41, 5.74) is 1.98. The lowest BCUT2D eigenvalue weighted by Gasteiger charge is -2.46. The second kappa shape index (κ2) is 8.14. The topological polar surface area (TPSA) is 77.0 Å². The number of nitrogens with one attached hydrogen (secondary N) is 3. The molecule has 1 heterocycles. The zero-order chi connectivity index (χ0) is 20.2. The van der Waals surface area contributed by atoms with E-state index in [-0.39, 0.29) is 22.7 Å². The van der Waals surface area contributed by atoms with E-state index in [0.717, 1.165) is 12.8 Å². The Morgan fingerprint density at radius 1 is 1.19 bits per heavy atom. The van der Waals surface area contributed by atoms with Crippen molar-refractivity contribution in [1.29, 1.82) is 5.26 Å². The molecule has 1 amide bonds. The first-order valence-corrected chi connectivity index (χ1v) is 9.58. The number of amides is 1. The summed E-state index contributed by atoms with van der Waals surface area (Å²) >= 11 is 0. The van der Waals surface area contributed by atoms with Gasteiger partial charge in [0.15, 0.2) is 0 Å². The predicted molar refractivity (Wildman–Crippen MR) is 110 cm³/mol. The van der Waals surface area contributed by atoms with Crippen molar-refractivity contribution in [2.24, 2.45) is 0 Å². The van der Waals surface area contributed by atoms with Crippen LogP contribution < -0.4 is 16.0 Å². The standard InChI is InChI=1S/C22H32N4O/c1-15(2)16-7-9-18(10-8-16)25-20(27)17(13-23)14-24-19-11-21(3,4)26-22(5,6)12-19/h7-10,14-15,19,24,26H,11-12H2,1-6H3,(H,25,27)/b17-14-. The Morgan fingerprint density at radius 2 is 1.74 bits per heavy atom. The first-order valence-electron chi connectivity index (χ1n) is 9.58. The number of nitrogens with zero attached hydrogens (tertiary/aromatic N) is 1. The molecule has 2 rings (SSSR count). The second-order valence-corrected chi connectivity index (χ2v) is 9.07. The van der Waals surface area contributed by atoms with Crippen LogP contribution in [0.5, 0.6) is 0 Å². The molecular formula is C22H32N4O. The zero-order valence-electron chi connectivity index (χ0n) is 17.3. The Morgan fingerprint density at radius 3 is 2.22 bits per heavy atom. The molecule has 146 valence electrons. The summed E-state index contributed by atoms with van der Waals surface area (Å²) in [6.07, 6.45) is 3.40. The average Bonchev–Trinajstić information content (AvgIpc) is 2.53. The molecular weight excluding hydrogens is 336 g/mol. The van der Waals surface area contributed by atoms with E-state index in [1.54, 1.807) is 6.20 Å². The molecule has 0 bridgehead atoms. The van der Waals surface area contributed by atoms with Crippen LogP contribution in [0.25, 0.3) is 0 Å². The number of piperidine rings is 1. The van der Waals surface area contributed by atoms with Gasteiger partial charge in [-0.1, -0.05) is 26.0 Å². The normalized spacial score (nSPS) is 19.4. The molecule has 1 fully saturated rings. The van der Waals surface area contributed by atoms with Crippen LogP contribution in [0, 0.1) is 11.3 Å². The van der Waals surface area contributed by atoms with Crippen LogP contribution in [0.3, 0.4) is 0 Å². The van der Waals surface area contributed by atoms with E-state index in [4.69, 9.17) is 0 Å². The molecule has 1 aliphatic rings. The Kier molecular flexibility index (Phi) is 6.33. The van der Waals surface area contributed by atoms with Crippen LogP contribution in [0.2, 0.25) is 0 Å². The first-order chi connectivity index (χ1) is 12.5. The average molecular weight is 369 g/mol. The third-order valence-corrected chi connectivity index (χ3v) is 4.85. The van der Waals surface area contributed by atoms with E-state index < -0.39 is 5.91 Å². The quantitative estimate of drug-likeness (QED) is 0.541. The summed E-state index contributed by atoms with van der Waals surface area (Å²) in [6.45, 7) is 12.9. The molecule has 27 heavy (non-hydrogen) atoms. The maximum atomic E-state index is 12.4. The van der Waals surface area contributed by atoms with Crippen molar-refractivity contribution in [3.05, 3.63) is 41.6 Å². The second-order valence-electron chi connectivity index (χ2n) is 9.07. The number of carbonyl (C=O) groups excluding carboxylic acids is 1. The van der Waals surface area contributed by atoms with Gasteiger partial charge in [-0.15, -0.1) is 0 Å². The summed E-state index contributed by atoms with van der Waals surface area (Å²) in [6, 6.07) is 9.93. The highest BCUT2D eigenvalue weighted by molar-refractivity contribution is 6.06. The van der Waals surface area contributed by atoms with Gasteiger partial charge < -0.3 is 16.0 Å². The largest absolute Gasteiger partial charge is 0.387 e. The third-order valence-electron chi connectivity index (χ3n) is 4.85. The van der Waals surface area contributed by atoms with Gasteiger partial charge in [0, 0.05) is 29.0 Å². The summed E-state index contributed by atoms with van der Waals surface area (Å²) < 4.78 is 0. The van der Waals surface area contributed by atoms with Gasteiger partial charge in [0.25, 0.3) is 5.91 Å². The fourth-order valence-corrected chi connectivity index (χ4v) is 3.94. The van der Waals surface area contributed by atoms with E-state index in [1.807, 2.05) is 30.3 Å². The van der Waals surface area contributed by atoms with Gasteiger partial charge in [-0.2, -0.15) is 5.26 Å². The summed E-state index contributed by atoms with van der Waals surface area (Å²) in [5, 5.41) is 19.1. The van der Waals surface area contributed by atoms with Gasteiger partial charge in [0.05, 0.1) is 0 Å². The molecule has 5 nitrogen and oxygen atoms in total. The molecule has 0 aliphatic carbocycles. The molecule has 0 aromatic heterocycles. The van der Waals surface area contributed by atoms with Gasteiger partial charge in [0.2, 0.25) is 0 Å². The molecule has 5 heteroatoms. The molecule has 0 atom stereocenters. The van der Waals surface area contributed by atoms with E-state index in [0.29, 0.717) is 11.6 Å². The van der Waals surface area contributed by atoms with Gasteiger partial charge in [-0.3, -0.25) is 4.79 Å². The summed E-state index contributed by atoms with van der Waals surface area (Å²) in [5.74, 6) is 0.0433. The van der Waals surface area contributed by atoms with Crippen molar-refractivity contribution < 1.29 is 4.79 Å². The van der Waals surface area contributed by atoms with Crippen molar-refractivity contribution in [1.82, 2.24) is 10.6 Å². The van der Waals surface area contributed by atoms with Crippen molar-refractivity contribution in [3.8, 4) is 6.07 Å². The van der Waals surface area contributed by atoms with E-state index in [9.17, 15) is 10.1 Å². The van der Waals surface area contributed by atoms with Crippen LogP contribution in [0.4, 0.5) is 5.69 Å². The molecule has 1 saturated heterocycles. The van der Waals surface area contributed by atoms with Gasteiger partial charge in [-0.25, -0.2) is 0 Å². The monoisotopic (exact) mass is 368 g/mol. The molecule has 3 N–H and O–H groups in total. The maximum Gasteiger partial charge on any atom is 0.267 e. The molecule has 0 saturated carbocycles. The van der Waals surface area contributed by atoms with Gasteiger partial charge >= 0.3 is 0 Å². The Labute approximate surface area is 163 Å². The third kappa shape index (κ3) is 6.11. The van der Waals surface area contributed by atoms with Crippen LogP contribution >= 0.6 is 0 Å². The van der Waals surface area contributed by atoms with E-state index >= 15 is 0 Å². The van der Waals surface area contributed by atoms with Crippen LogP contribution in [0.1, 0.15) is 65.9 Å². The number of rotatable bonds is 5. The first kappa shape index (κ1) is 21.0. The molecule has 0 spiro atoms. The van der Waals surface area contributed by atoms with Crippen molar-refractivity contribution in [2.75, 3.05) is 5.32 Å². The number of hydrogen-bond donors (Lipinski definition) is 3. The number of benzene rings is 1. The van der Waals surface area contributed by atoms with E-state index in [1.165, 1.54) is 5.56 Å². The lowest BCUT2D eigenvalue weighted by Crippen LogP contribution is -2.61. The van der Waals surface area contributed by atoms with Gasteiger partial charge in [0.1, 0.15) is 11.6 Å². The Bertz CT molecular complexity index is 723. The number of anilines is 1. The summed E-state index contributed by atoms with van der Waals surface area (Å²) in [4.78, 5) is 12.4. The summed E-state index contributed by atoms with van der Waals surface area (Å²) in [7, 11) is 0. The van der Waals surface area contributed by atoms with Crippen molar-refractivity contribution in [2.45, 2.75) is 77.4 Å². The lowest BCUT2D eigenvalue weighted by atomic mass is 9.80. The highest BCUT2D eigenvalue weighted by Crippen LogP contribution is 2.28. The lowest BCUT2D eigenvalue weighted by molar-refractivity contribution is -0.112. The SMILES string of the molecule is CC(C)c1ccc(NC(=O)/C(C#N)=C\NC2CC(C)(C)NC(C)(C)C2)cc1. The van der Waals surface area contributed by atoms with Crippen LogP contribution in [0.15, 0.2) is 36.0 Å². The van der Waals surface area contributed by atoms with E-state index in [2.05, 4.69) is 57.5 Å². The Hall–Kier alpha value is -2.32. The minimum atomic E-state index is -0.394. The maximum absolute atomic E-state index is 12.4. The highest BCUT2D eigenvalue weighted by Gasteiger charge is 2.37. The Balaban J connectivity index is 2.02. The molecule has 0 unspecified atom stereocenters. The van der Waals surface area contributed by atoms with Crippen molar-refractivity contribution >= 4 is 11.6 Å². The number of carbonyl (C=O) groups is 1. The smallest absolute Gasteiger partial charge is 0.267 e. The minimum Gasteiger partial charge on any atom is -0.387 e. The minimum absolute atomic E-state index is 0.000479.